The van der Waals surface area contributed by atoms with E-state index in [1.165, 1.54) is 0 Å². The summed E-state index contributed by atoms with van der Waals surface area (Å²) in [5, 5.41) is 5.44. The Morgan fingerprint density at radius 2 is 1.81 bits per heavy atom. The van der Waals surface area contributed by atoms with Crippen molar-refractivity contribution in [3.05, 3.63) is 29.8 Å². The number of urea groups is 1. The summed E-state index contributed by atoms with van der Waals surface area (Å²) in [7, 11) is 0. The van der Waals surface area contributed by atoms with Crippen molar-refractivity contribution in [2.45, 2.75) is 38.6 Å². The minimum atomic E-state index is -0.596. The Hall–Kier alpha value is -2.08. The number of unbranched alkanes of at least 4 members (excludes halogenated alkanes) is 2. The smallest absolute Gasteiger partial charge is 0.316 e. The van der Waals surface area contributed by atoms with Crippen LogP contribution < -0.4 is 22.1 Å². The van der Waals surface area contributed by atoms with E-state index in [1.54, 1.807) is 12.1 Å². The molecular formula is C15H24N4O2. The highest BCUT2D eigenvalue weighted by atomic mass is 16.2. The lowest BCUT2D eigenvalue weighted by Gasteiger charge is -2.15. The zero-order chi connectivity index (χ0) is 15.7. The number of carbonyl (C=O) groups excluding carboxylic acids is 2. The number of hydrogen-bond acceptors (Lipinski definition) is 3. The maximum atomic E-state index is 11.8. The molecule has 0 bridgehead atoms. The number of nitrogens with one attached hydrogen (secondary N) is 2. The average molecular weight is 292 g/mol. The lowest BCUT2D eigenvalue weighted by Crippen LogP contribution is -2.26. The SMILES string of the molecule is CC(NC(=O)CCCCCN)c1ccc(NC(N)=O)cc1. The second-order valence-corrected chi connectivity index (χ2v) is 5.00. The van der Waals surface area contributed by atoms with Crippen molar-refractivity contribution in [3.8, 4) is 0 Å². The van der Waals surface area contributed by atoms with Crippen LogP contribution in [0.5, 0.6) is 0 Å². The number of amides is 3. The van der Waals surface area contributed by atoms with Gasteiger partial charge in [0.2, 0.25) is 5.91 Å². The minimum absolute atomic E-state index is 0.0406. The van der Waals surface area contributed by atoms with Crippen LogP contribution in [-0.2, 0) is 4.79 Å². The van der Waals surface area contributed by atoms with E-state index in [-0.39, 0.29) is 11.9 Å². The Morgan fingerprint density at radius 1 is 1.14 bits per heavy atom. The Balaban J connectivity index is 2.42. The van der Waals surface area contributed by atoms with Crippen LogP contribution in [0.4, 0.5) is 10.5 Å². The Labute approximate surface area is 125 Å². The summed E-state index contributed by atoms with van der Waals surface area (Å²) in [6.07, 6.45) is 3.31. The Bertz CT molecular complexity index is 459. The number of hydrogen-bond donors (Lipinski definition) is 4. The molecule has 1 rings (SSSR count). The molecule has 1 unspecified atom stereocenters. The van der Waals surface area contributed by atoms with E-state index in [4.69, 9.17) is 11.5 Å². The second kappa shape index (κ2) is 8.97. The molecule has 0 saturated carbocycles. The first-order valence-electron chi connectivity index (χ1n) is 7.18. The first-order valence-corrected chi connectivity index (χ1v) is 7.18. The first kappa shape index (κ1) is 17.0. The fourth-order valence-corrected chi connectivity index (χ4v) is 2.00. The average Bonchev–Trinajstić information content (AvgIpc) is 2.43. The van der Waals surface area contributed by atoms with E-state index in [1.807, 2.05) is 19.1 Å². The Kier molecular flexibility index (Phi) is 7.25. The molecule has 1 aromatic rings. The Morgan fingerprint density at radius 3 is 2.38 bits per heavy atom. The molecule has 6 heteroatoms. The topological polar surface area (TPSA) is 110 Å². The molecule has 3 amide bonds. The fraction of sp³-hybridized carbons (Fsp3) is 0.467. The summed E-state index contributed by atoms with van der Waals surface area (Å²) >= 11 is 0. The molecule has 0 fully saturated rings. The van der Waals surface area contributed by atoms with E-state index in [2.05, 4.69) is 10.6 Å². The van der Waals surface area contributed by atoms with Crippen LogP contribution in [0.1, 0.15) is 44.2 Å². The van der Waals surface area contributed by atoms with Gasteiger partial charge in [0.25, 0.3) is 0 Å². The standard InChI is InChI=1S/C15H24N4O2/c1-11(18-14(20)5-3-2-4-10-16)12-6-8-13(9-7-12)19-15(17)21/h6-9,11H,2-5,10,16H2,1H3,(H,18,20)(H3,17,19,21). The van der Waals surface area contributed by atoms with Crippen LogP contribution in [0.3, 0.4) is 0 Å². The number of benzene rings is 1. The lowest BCUT2D eigenvalue weighted by atomic mass is 10.1. The minimum Gasteiger partial charge on any atom is -0.351 e. The van der Waals surface area contributed by atoms with E-state index in [0.29, 0.717) is 18.7 Å². The summed E-state index contributed by atoms with van der Waals surface area (Å²) in [6, 6.07) is 6.54. The van der Waals surface area contributed by atoms with Gasteiger partial charge in [-0.1, -0.05) is 18.6 Å². The summed E-state index contributed by atoms with van der Waals surface area (Å²) in [4.78, 5) is 22.5. The second-order valence-electron chi connectivity index (χ2n) is 5.00. The number of anilines is 1. The molecule has 0 aliphatic carbocycles. The van der Waals surface area contributed by atoms with Crippen LogP contribution in [0.25, 0.3) is 0 Å². The highest BCUT2D eigenvalue weighted by Gasteiger charge is 2.09. The highest BCUT2D eigenvalue weighted by molar-refractivity contribution is 5.87. The predicted molar refractivity (Wildman–Crippen MR) is 83.7 cm³/mol. The van der Waals surface area contributed by atoms with E-state index < -0.39 is 6.03 Å². The highest BCUT2D eigenvalue weighted by Crippen LogP contribution is 2.16. The third-order valence-corrected chi connectivity index (χ3v) is 3.16. The molecule has 6 nitrogen and oxygen atoms in total. The van der Waals surface area contributed by atoms with Crippen LogP contribution in [-0.4, -0.2) is 18.5 Å². The van der Waals surface area contributed by atoms with Crippen molar-refractivity contribution < 1.29 is 9.59 Å². The molecule has 1 aromatic carbocycles. The van der Waals surface area contributed by atoms with Gasteiger partial charge in [0.1, 0.15) is 0 Å². The van der Waals surface area contributed by atoms with Crippen molar-refractivity contribution in [2.24, 2.45) is 11.5 Å². The van der Waals surface area contributed by atoms with Gasteiger partial charge in [0, 0.05) is 12.1 Å². The van der Waals surface area contributed by atoms with Gasteiger partial charge in [-0.05, 0) is 44.0 Å². The normalized spacial score (nSPS) is 11.7. The van der Waals surface area contributed by atoms with Gasteiger partial charge in [0.05, 0.1) is 6.04 Å². The number of nitrogens with two attached hydrogens (primary N) is 2. The van der Waals surface area contributed by atoms with Crippen molar-refractivity contribution in [1.82, 2.24) is 5.32 Å². The molecule has 0 spiro atoms. The van der Waals surface area contributed by atoms with Gasteiger partial charge in [-0.2, -0.15) is 0 Å². The quantitative estimate of drug-likeness (QED) is 0.549. The monoisotopic (exact) mass is 292 g/mol. The van der Waals surface area contributed by atoms with Gasteiger partial charge in [0.15, 0.2) is 0 Å². The molecule has 0 heterocycles. The van der Waals surface area contributed by atoms with Gasteiger partial charge >= 0.3 is 6.03 Å². The maximum absolute atomic E-state index is 11.8. The maximum Gasteiger partial charge on any atom is 0.316 e. The van der Waals surface area contributed by atoms with Crippen molar-refractivity contribution in [2.75, 3.05) is 11.9 Å². The van der Waals surface area contributed by atoms with Crippen LogP contribution in [0, 0.1) is 0 Å². The molecule has 0 aliphatic rings. The van der Waals surface area contributed by atoms with Crippen molar-refractivity contribution in [1.29, 1.82) is 0 Å². The first-order chi connectivity index (χ1) is 10.0. The molecule has 0 aliphatic heterocycles. The third kappa shape index (κ3) is 6.76. The lowest BCUT2D eigenvalue weighted by molar-refractivity contribution is -0.121. The van der Waals surface area contributed by atoms with Crippen LogP contribution in [0.15, 0.2) is 24.3 Å². The van der Waals surface area contributed by atoms with Crippen LogP contribution >= 0.6 is 0 Å². The molecule has 0 saturated heterocycles. The zero-order valence-electron chi connectivity index (χ0n) is 12.4. The van der Waals surface area contributed by atoms with Gasteiger partial charge < -0.3 is 22.1 Å². The molecule has 21 heavy (non-hydrogen) atoms. The van der Waals surface area contributed by atoms with Gasteiger partial charge in [-0.25, -0.2) is 4.79 Å². The molecule has 1 atom stereocenters. The largest absolute Gasteiger partial charge is 0.351 e. The molecular weight excluding hydrogens is 268 g/mol. The van der Waals surface area contributed by atoms with E-state index >= 15 is 0 Å². The molecule has 6 N–H and O–H groups in total. The van der Waals surface area contributed by atoms with Crippen molar-refractivity contribution >= 4 is 17.6 Å². The number of rotatable bonds is 8. The molecule has 0 aromatic heterocycles. The van der Waals surface area contributed by atoms with E-state index in [0.717, 1.165) is 24.8 Å². The van der Waals surface area contributed by atoms with Gasteiger partial charge in [-0.15, -0.1) is 0 Å². The molecule has 116 valence electrons. The zero-order valence-corrected chi connectivity index (χ0v) is 12.4. The van der Waals surface area contributed by atoms with Crippen molar-refractivity contribution in [3.63, 3.8) is 0 Å². The predicted octanol–water partition coefficient (Wildman–Crippen LogP) is 1.87. The summed E-state index contributed by atoms with van der Waals surface area (Å²) < 4.78 is 0. The fourth-order valence-electron chi connectivity index (χ4n) is 2.00. The summed E-state index contributed by atoms with van der Waals surface area (Å²) in [5.41, 5.74) is 12.1. The summed E-state index contributed by atoms with van der Waals surface area (Å²) in [6.45, 7) is 2.60. The van der Waals surface area contributed by atoms with Crippen LogP contribution in [0.2, 0.25) is 0 Å². The molecule has 0 radical (unpaired) electrons. The number of primary amides is 1. The number of carbonyl (C=O) groups is 2. The summed E-state index contributed by atoms with van der Waals surface area (Å²) in [5.74, 6) is 0.0406. The van der Waals surface area contributed by atoms with Gasteiger partial charge in [-0.3, -0.25) is 4.79 Å². The third-order valence-electron chi connectivity index (χ3n) is 3.16. The van der Waals surface area contributed by atoms with E-state index in [9.17, 15) is 9.59 Å².